The second-order valence-electron chi connectivity index (χ2n) is 4.60. The van der Waals surface area contributed by atoms with Crippen LogP contribution in [0, 0.1) is 5.92 Å². The van der Waals surface area contributed by atoms with Gasteiger partial charge >= 0.3 is 0 Å². The average Bonchev–Trinajstić information content (AvgIpc) is 2.71. The van der Waals surface area contributed by atoms with Crippen LogP contribution in [0.5, 0.6) is 0 Å². The molecule has 6 nitrogen and oxygen atoms in total. The van der Waals surface area contributed by atoms with Crippen molar-refractivity contribution in [3.63, 3.8) is 0 Å². The molecule has 0 aliphatic heterocycles. The van der Waals surface area contributed by atoms with Crippen molar-refractivity contribution in [2.45, 2.75) is 33.7 Å². The minimum atomic E-state index is 0. The van der Waals surface area contributed by atoms with E-state index in [9.17, 15) is 0 Å². The van der Waals surface area contributed by atoms with E-state index in [0.717, 1.165) is 31.3 Å². The predicted octanol–water partition coefficient (Wildman–Crippen LogP) is 1.53. The molecule has 0 bridgehead atoms. The van der Waals surface area contributed by atoms with Gasteiger partial charge in [-0.2, -0.15) is 5.10 Å². The molecule has 0 saturated carbocycles. The van der Waals surface area contributed by atoms with Crippen molar-refractivity contribution in [3.8, 4) is 0 Å². The van der Waals surface area contributed by atoms with Crippen molar-refractivity contribution in [2.24, 2.45) is 18.0 Å². The first-order valence-electron chi connectivity index (χ1n) is 6.48. The van der Waals surface area contributed by atoms with Crippen LogP contribution in [0.25, 0.3) is 0 Å². The van der Waals surface area contributed by atoms with Crippen LogP contribution >= 0.6 is 24.0 Å². The van der Waals surface area contributed by atoms with E-state index in [0.29, 0.717) is 12.5 Å². The van der Waals surface area contributed by atoms with Gasteiger partial charge < -0.3 is 10.6 Å². The number of nitrogens with zero attached hydrogens (tertiary/aromatic N) is 4. The summed E-state index contributed by atoms with van der Waals surface area (Å²) in [5, 5.41) is 10.6. The zero-order valence-corrected chi connectivity index (χ0v) is 14.5. The van der Waals surface area contributed by atoms with Crippen LogP contribution in [0.1, 0.15) is 33.0 Å². The SMILES string of the molecule is CCNC(=NCc1ncnn1C)NCCC(C)C.I. The van der Waals surface area contributed by atoms with Crippen LogP contribution in [-0.4, -0.2) is 33.8 Å². The first-order chi connectivity index (χ1) is 8.63. The minimum Gasteiger partial charge on any atom is -0.357 e. The summed E-state index contributed by atoms with van der Waals surface area (Å²) < 4.78 is 1.74. The number of rotatable bonds is 6. The van der Waals surface area contributed by atoms with Crippen LogP contribution in [0.2, 0.25) is 0 Å². The Kier molecular flexibility index (Phi) is 9.54. The van der Waals surface area contributed by atoms with E-state index >= 15 is 0 Å². The highest BCUT2D eigenvalue weighted by Gasteiger charge is 2.01. The van der Waals surface area contributed by atoms with Gasteiger partial charge in [0.1, 0.15) is 18.7 Å². The third-order valence-electron chi connectivity index (χ3n) is 2.54. The summed E-state index contributed by atoms with van der Waals surface area (Å²) in [4.78, 5) is 8.63. The first-order valence-corrected chi connectivity index (χ1v) is 6.48. The van der Waals surface area contributed by atoms with Gasteiger partial charge in [-0.1, -0.05) is 13.8 Å². The first kappa shape index (κ1) is 18.1. The van der Waals surface area contributed by atoms with E-state index in [-0.39, 0.29) is 24.0 Å². The summed E-state index contributed by atoms with van der Waals surface area (Å²) in [5.74, 6) is 2.39. The predicted molar refractivity (Wildman–Crippen MR) is 88.7 cm³/mol. The summed E-state index contributed by atoms with van der Waals surface area (Å²) in [6, 6.07) is 0. The number of nitrogens with one attached hydrogen (secondary N) is 2. The monoisotopic (exact) mass is 380 g/mol. The molecule has 0 aliphatic carbocycles. The van der Waals surface area contributed by atoms with E-state index in [2.05, 4.69) is 46.5 Å². The topological polar surface area (TPSA) is 67.1 Å². The van der Waals surface area contributed by atoms with Gasteiger partial charge in [-0.3, -0.25) is 4.68 Å². The lowest BCUT2D eigenvalue weighted by atomic mass is 10.1. The summed E-state index contributed by atoms with van der Waals surface area (Å²) in [6.07, 6.45) is 2.68. The Balaban J connectivity index is 0.00000324. The lowest BCUT2D eigenvalue weighted by molar-refractivity contribution is 0.573. The molecule has 0 atom stereocenters. The number of halogens is 1. The molecule has 7 heteroatoms. The molecule has 0 fully saturated rings. The zero-order chi connectivity index (χ0) is 13.4. The van der Waals surface area contributed by atoms with E-state index < -0.39 is 0 Å². The van der Waals surface area contributed by atoms with Gasteiger partial charge in [0.2, 0.25) is 0 Å². The van der Waals surface area contributed by atoms with Crippen LogP contribution in [0.3, 0.4) is 0 Å². The fourth-order valence-electron chi connectivity index (χ4n) is 1.43. The lowest BCUT2D eigenvalue weighted by Crippen LogP contribution is -2.38. The fourth-order valence-corrected chi connectivity index (χ4v) is 1.43. The number of guanidine groups is 1. The van der Waals surface area contributed by atoms with Crippen molar-refractivity contribution < 1.29 is 0 Å². The molecule has 1 aromatic heterocycles. The summed E-state index contributed by atoms with van der Waals surface area (Å²) in [6.45, 7) is 8.81. The van der Waals surface area contributed by atoms with Crippen molar-refractivity contribution in [1.29, 1.82) is 0 Å². The maximum Gasteiger partial charge on any atom is 0.191 e. The number of aromatic nitrogens is 3. The largest absolute Gasteiger partial charge is 0.357 e. The molecule has 0 saturated heterocycles. The highest BCUT2D eigenvalue weighted by molar-refractivity contribution is 14.0. The molecule has 2 N–H and O–H groups in total. The van der Waals surface area contributed by atoms with Gasteiger partial charge in [0.25, 0.3) is 0 Å². The second kappa shape index (κ2) is 9.99. The quantitative estimate of drug-likeness (QED) is 0.446. The van der Waals surface area contributed by atoms with Crippen molar-refractivity contribution in [1.82, 2.24) is 25.4 Å². The molecule has 1 heterocycles. The van der Waals surface area contributed by atoms with Crippen LogP contribution in [0.4, 0.5) is 0 Å². The van der Waals surface area contributed by atoms with Crippen molar-refractivity contribution in [2.75, 3.05) is 13.1 Å². The van der Waals surface area contributed by atoms with Gasteiger partial charge in [-0.15, -0.1) is 24.0 Å². The third kappa shape index (κ3) is 7.34. The summed E-state index contributed by atoms with van der Waals surface area (Å²) in [5.41, 5.74) is 0. The van der Waals surface area contributed by atoms with Crippen LogP contribution in [0.15, 0.2) is 11.3 Å². The van der Waals surface area contributed by atoms with Gasteiger partial charge in [0.05, 0.1) is 0 Å². The van der Waals surface area contributed by atoms with Crippen molar-refractivity contribution in [3.05, 3.63) is 12.2 Å². The standard InChI is InChI=1S/C12H24N6.HI/c1-5-13-12(14-7-6-10(2)3)15-8-11-16-9-17-18(11)4;/h9-10H,5-8H2,1-4H3,(H2,13,14,15);1H. The molecule has 110 valence electrons. The second-order valence-corrected chi connectivity index (χ2v) is 4.60. The Bertz CT molecular complexity index is 374. The molecule has 1 aromatic rings. The number of hydrogen-bond donors (Lipinski definition) is 2. The van der Waals surface area contributed by atoms with E-state index in [1.54, 1.807) is 11.0 Å². The molecule has 19 heavy (non-hydrogen) atoms. The molecule has 0 radical (unpaired) electrons. The molecule has 0 unspecified atom stereocenters. The van der Waals surface area contributed by atoms with Crippen LogP contribution < -0.4 is 10.6 Å². The molecule has 0 amide bonds. The smallest absolute Gasteiger partial charge is 0.191 e. The van der Waals surface area contributed by atoms with Crippen molar-refractivity contribution >= 4 is 29.9 Å². The molecule has 0 aromatic carbocycles. The van der Waals surface area contributed by atoms with E-state index in [1.165, 1.54) is 0 Å². The number of aryl methyl sites for hydroxylation is 1. The normalized spacial score (nSPS) is 11.3. The van der Waals surface area contributed by atoms with Gasteiger partial charge in [0, 0.05) is 20.1 Å². The Morgan fingerprint density at radius 3 is 2.68 bits per heavy atom. The zero-order valence-electron chi connectivity index (χ0n) is 12.2. The molecular formula is C12H25IN6. The maximum atomic E-state index is 4.48. The lowest BCUT2D eigenvalue weighted by Gasteiger charge is -2.12. The maximum absolute atomic E-state index is 4.48. The number of hydrogen-bond acceptors (Lipinski definition) is 3. The third-order valence-corrected chi connectivity index (χ3v) is 2.54. The molecule has 0 aliphatic rings. The van der Waals surface area contributed by atoms with Gasteiger partial charge in [0.15, 0.2) is 5.96 Å². The molecular weight excluding hydrogens is 355 g/mol. The molecule has 0 spiro atoms. The van der Waals surface area contributed by atoms with E-state index in [4.69, 9.17) is 0 Å². The Morgan fingerprint density at radius 1 is 1.42 bits per heavy atom. The summed E-state index contributed by atoms with van der Waals surface area (Å²) >= 11 is 0. The molecule has 1 rings (SSSR count). The average molecular weight is 380 g/mol. The Labute approximate surface area is 132 Å². The van der Waals surface area contributed by atoms with Gasteiger partial charge in [-0.05, 0) is 19.3 Å². The summed E-state index contributed by atoms with van der Waals surface area (Å²) in [7, 11) is 1.87. The highest BCUT2D eigenvalue weighted by atomic mass is 127. The van der Waals surface area contributed by atoms with Gasteiger partial charge in [-0.25, -0.2) is 9.98 Å². The van der Waals surface area contributed by atoms with E-state index in [1.807, 2.05) is 7.05 Å². The Morgan fingerprint density at radius 2 is 2.16 bits per heavy atom. The Hall–Kier alpha value is -0.860. The fraction of sp³-hybridized carbons (Fsp3) is 0.750. The number of aliphatic imine (C=N–C) groups is 1. The van der Waals surface area contributed by atoms with Crippen LogP contribution in [-0.2, 0) is 13.6 Å². The highest BCUT2D eigenvalue weighted by Crippen LogP contribution is 1.97. The minimum absolute atomic E-state index is 0.